The molecule has 1 aliphatic carbocycles. The second-order valence-corrected chi connectivity index (χ2v) is 9.56. The molecule has 35 heavy (non-hydrogen) atoms. The molecule has 2 fully saturated rings. The monoisotopic (exact) mass is 486 g/mol. The van der Waals surface area contributed by atoms with Gasteiger partial charge in [0.25, 0.3) is 0 Å². The fraction of sp³-hybridized carbons (Fsp3) is 0.417. The van der Waals surface area contributed by atoms with Crippen molar-refractivity contribution in [2.45, 2.75) is 12.8 Å². The Morgan fingerprint density at radius 3 is 1.69 bits per heavy atom. The summed E-state index contributed by atoms with van der Waals surface area (Å²) >= 11 is 0. The summed E-state index contributed by atoms with van der Waals surface area (Å²) in [5.41, 5.74) is -0.630. The number of likely N-dealkylation sites (tertiary alicyclic amines) is 2. The first-order chi connectivity index (χ1) is 16.6. The fourth-order valence-electron chi connectivity index (χ4n) is 4.95. The summed E-state index contributed by atoms with van der Waals surface area (Å²) in [6, 6.07) is 3.76. The topological polar surface area (TPSA) is 145 Å². The first kappa shape index (κ1) is 23.5. The summed E-state index contributed by atoms with van der Waals surface area (Å²) in [5, 5.41) is 51.4. The van der Waals surface area contributed by atoms with Crippen LogP contribution in [0.4, 0.5) is 15.8 Å². The molecule has 0 aromatic heterocycles. The maximum Gasteiger partial charge on any atom is 0.200 e. The van der Waals surface area contributed by atoms with Crippen LogP contribution < -0.4 is 10.6 Å². The van der Waals surface area contributed by atoms with Crippen LogP contribution in [0.2, 0.25) is 0 Å². The molecule has 186 valence electrons. The minimum Gasteiger partial charge on any atom is -0.633 e. The van der Waals surface area contributed by atoms with Crippen LogP contribution in [-0.4, -0.2) is 83.4 Å². The summed E-state index contributed by atoms with van der Waals surface area (Å²) in [7, 11) is 0. The molecule has 0 spiro atoms. The number of benzene rings is 2. The molecule has 0 bridgehead atoms. The molecule has 5 rings (SSSR count). The number of hydroxylamine groups is 6. The van der Waals surface area contributed by atoms with Gasteiger partial charge in [-0.15, -0.1) is 0 Å². The summed E-state index contributed by atoms with van der Waals surface area (Å²) < 4.78 is 13.5. The number of phenols is 2. The number of rotatable bonds is 8. The van der Waals surface area contributed by atoms with Crippen molar-refractivity contribution < 1.29 is 33.5 Å². The smallest absolute Gasteiger partial charge is 0.200 e. The molecule has 3 aliphatic rings. The van der Waals surface area contributed by atoms with Crippen molar-refractivity contribution in [2.75, 3.05) is 63.0 Å². The van der Waals surface area contributed by atoms with E-state index in [0.29, 0.717) is 37.9 Å². The lowest BCUT2D eigenvalue weighted by molar-refractivity contribution is -0.916. The van der Waals surface area contributed by atoms with Gasteiger partial charge in [-0.2, -0.15) is 0 Å². The van der Waals surface area contributed by atoms with Crippen LogP contribution in [0, 0.1) is 16.2 Å². The van der Waals surface area contributed by atoms with Gasteiger partial charge in [-0.1, -0.05) is 0 Å². The van der Waals surface area contributed by atoms with Crippen molar-refractivity contribution in [2.24, 2.45) is 0 Å². The van der Waals surface area contributed by atoms with Gasteiger partial charge in [0.2, 0.25) is 11.6 Å². The van der Waals surface area contributed by atoms with E-state index in [0.717, 1.165) is 12.8 Å². The van der Waals surface area contributed by atoms with Crippen LogP contribution in [0.15, 0.2) is 18.2 Å². The van der Waals surface area contributed by atoms with Crippen LogP contribution in [-0.2, 0) is 0 Å². The Hall–Kier alpha value is -3.25. The van der Waals surface area contributed by atoms with Gasteiger partial charge in [0.15, 0.2) is 11.6 Å². The standard InChI is InChI=1S/C24H27FN4O6/c25-14-13-17(30)20-21(22(14)31)24(33)19-16(27-6-12-29(35)9-2-10-29)4-3-15(18(19)23(20)32)26-5-11-28(34)7-1-8-28/h3-4,13,26-27,30-31H,1-2,5-12H2. The second-order valence-electron chi connectivity index (χ2n) is 9.56. The maximum atomic E-state index is 14.2. The Balaban J connectivity index is 1.51. The number of phenolic OH excluding ortho intramolecular Hbond substituents is 2. The molecule has 0 atom stereocenters. The predicted octanol–water partition coefficient (Wildman–Crippen LogP) is 2.27. The van der Waals surface area contributed by atoms with Gasteiger partial charge < -0.3 is 40.6 Å². The highest BCUT2D eigenvalue weighted by atomic mass is 19.1. The van der Waals surface area contributed by atoms with Crippen molar-refractivity contribution in [3.63, 3.8) is 0 Å². The van der Waals surface area contributed by atoms with Crippen LogP contribution in [0.5, 0.6) is 11.5 Å². The number of carbonyl (C=O) groups is 2. The van der Waals surface area contributed by atoms with Gasteiger partial charge in [-0.3, -0.25) is 9.59 Å². The number of fused-ring (bicyclic) bond motifs is 2. The van der Waals surface area contributed by atoms with Crippen LogP contribution in [0.25, 0.3) is 0 Å². The van der Waals surface area contributed by atoms with Crippen LogP contribution >= 0.6 is 0 Å². The summed E-state index contributed by atoms with van der Waals surface area (Å²) in [5.74, 6) is -4.55. The van der Waals surface area contributed by atoms with E-state index in [1.165, 1.54) is 0 Å². The second kappa shape index (κ2) is 8.45. The quantitative estimate of drug-likeness (QED) is 0.216. The summed E-state index contributed by atoms with van der Waals surface area (Å²) in [4.78, 5) is 27.0. The normalized spacial score (nSPS) is 19.3. The van der Waals surface area contributed by atoms with Crippen molar-refractivity contribution >= 4 is 22.9 Å². The lowest BCUT2D eigenvalue weighted by atomic mass is 9.81. The number of nitrogens with zero attached hydrogens (tertiary/aromatic N) is 2. The first-order valence-corrected chi connectivity index (χ1v) is 11.8. The average molecular weight is 487 g/mol. The van der Waals surface area contributed by atoms with Crippen molar-refractivity contribution in [3.8, 4) is 11.5 Å². The highest BCUT2D eigenvalue weighted by Gasteiger charge is 2.39. The zero-order chi connectivity index (χ0) is 25.0. The minimum absolute atomic E-state index is 0.0372. The molecule has 0 unspecified atom stereocenters. The molecule has 0 amide bonds. The van der Waals surface area contributed by atoms with Crippen molar-refractivity contribution in [1.82, 2.24) is 0 Å². The van der Waals surface area contributed by atoms with Crippen LogP contribution in [0.3, 0.4) is 0 Å². The van der Waals surface area contributed by atoms with Gasteiger partial charge in [-0.05, 0) is 12.1 Å². The van der Waals surface area contributed by atoms with Crippen LogP contribution in [0.1, 0.15) is 44.7 Å². The molecule has 2 saturated heterocycles. The Bertz CT molecular complexity index is 1230. The number of carbonyl (C=O) groups excluding carboxylic acids is 2. The molecular weight excluding hydrogens is 459 g/mol. The third-order valence-electron chi connectivity index (χ3n) is 7.28. The molecule has 0 radical (unpaired) electrons. The molecule has 2 aromatic rings. The van der Waals surface area contributed by atoms with E-state index in [9.17, 15) is 34.6 Å². The summed E-state index contributed by atoms with van der Waals surface area (Å²) in [6.07, 6.45) is 1.73. The Kier molecular flexibility index (Phi) is 5.67. The molecule has 2 aromatic carbocycles. The number of nitrogens with one attached hydrogen (secondary N) is 2. The number of hydrogen-bond acceptors (Lipinski definition) is 8. The number of quaternary nitrogens is 2. The Morgan fingerprint density at radius 1 is 0.800 bits per heavy atom. The number of aromatic hydroxyl groups is 2. The number of halogens is 1. The van der Waals surface area contributed by atoms with Crippen molar-refractivity contribution in [1.29, 1.82) is 0 Å². The van der Waals surface area contributed by atoms with Gasteiger partial charge in [0.05, 0.1) is 74.6 Å². The highest BCUT2D eigenvalue weighted by molar-refractivity contribution is 6.33. The third-order valence-corrected chi connectivity index (χ3v) is 7.28. The lowest BCUT2D eigenvalue weighted by Crippen LogP contribution is -2.55. The third kappa shape index (κ3) is 4.00. The maximum absolute atomic E-state index is 14.2. The number of anilines is 2. The predicted molar refractivity (Wildman–Crippen MR) is 126 cm³/mol. The zero-order valence-corrected chi connectivity index (χ0v) is 19.1. The molecule has 10 nitrogen and oxygen atoms in total. The average Bonchev–Trinajstić information content (AvgIpc) is 2.77. The number of hydrogen-bond donors (Lipinski definition) is 4. The zero-order valence-electron chi connectivity index (χ0n) is 19.1. The fourth-order valence-corrected chi connectivity index (χ4v) is 4.95. The Morgan fingerprint density at radius 2 is 1.26 bits per heavy atom. The van der Waals surface area contributed by atoms with Gasteiger partial charge in [0, 0.05) is 30.3 Å². The minimum atomic E-state index is -1.22. The SMILES string of the molecule is O=C1c2c(O)cc(F)c(O)c2C(=O)c2c(NCC[N+]3([O-])CCC3)ccc(NCC[N+]3([O-])CCC3)c21. The summed E-state index contributed by atoms with van der Waals surface area (Å²) in [6.45, 7) is 3.18. The van der Waals surface area contributed by atoms with Gasteiger partial charge in [-0.25, -0.2) is 4.39 Å². The Labute approximate surface area is 200 Å². The van der Waals surface area contributed by atoms with Crippen molar-refractivity contribution in [3.05, 3.63) is 56.7 Å². The molecule has 2 aliphatic heterocycles. The molecular formula is C24H27FN4O6. The van der Waals surface area contributed by atoms with E-state index in [1.54, 1.807) is 12.1 Å². The largest absolute Gasteiger partial charge is 0.633 e. The highest BCUT2D eigenvalue weighted by Crippen LogP contribution is 2.43. The van der Waals surface area contributed by atoms with E-state index in [4.69, 9.17) is 0 Å². The van der Waals surface area contributed by atoms with E-state index < -0.39 is 40.0 Å². The van der Waals surface area contributed by atoms with Gasteiger partial charge in [0.1, 0.15) is 5.75 Å². The van der Waals surface area contributed by atoms with E-state index in [-0.39, 0.29) is 52.3 Å². The van der Waals surface area contributed by atoms with E-state index in [2.05, 4.69) is 10.6 Å². The number of ketones is 2. The van der Waals surface area contributed by atoms with E-state index >= 15 is 0 Å². The van der Waals surface area contributed by atoms with E-state index in [1.807, 2.05) is 0 Å². The molecule has 11 heteroatoms. The molecule has 4 N–H and O–H groups in total. The molecule has 0 saturated carbocycles. The molecule has 2 heterocycles. The van der Waals surface area contributed by atoms with Gasteiger partial charge >= 0.3 is 0 Å². The first-order valence-electron chi connectivity index (χ1n) is 11.8. The lowest BCUT2D eigenvalue weighted by Gasteiger charge is -2.50.